The molecule has 3 rings (SSSR count). The molecule has 3 aromatic rings. The summed E-state index contributed by atoms with van der Waals surface area (Å²) in [5.74, 6) is 0.285. The molecule has 0 saturated heterocycles. The fraction of sp³-hybridized carbons (Fsp3) is 0.115. The first-order valence-corrected chi connectivity index (χ1v) is 9.57. The van der Waals surface area contributed by atoms with Crippen LogP contribution >= 0.6 is 0 Å². The second-order valence-corrected chi connectivity index (χ2v) is 6.52. The highest BCUT2D eigenvalue weighted by atomic mass is 16.5. The first-order chi connectivity index (χ1) is 14.7. The Bertz CT molecular complexity index is 1040. The van der Waals surface area contributed by atoms with E-state index in [2.05, 4.69) is 18.2 Å². The van der Waals surface area contributed by atoms with Gasteiger partial charge in [0.25, 0.3) is 0 Å². The minimum absolute atomic E-state index is 0.306. The third kappa shape index (κ3) is 5.61. The molecule has 0 saturated carbocycles. The van der Waals surface area contributed by atoms with Crippen molar-refractivity contribution in [1.82, 2.24) is 0 Å². The predicted molar refractivity (Wildman–Crippen MR) is 120 cm³/mol. The lowest BCUT2D eigenvalue weighted by molar-refractivity contribution is -0.133. The van der Waals surface area contributed by atoms with Crippen LogP contribution in [0.25, 0.3) is 17.7 Å². The van der Waals surface area contributed by atoms with Crippen LogP contribution in [-0.2, 0) is 20.9 Å². The monoisotopic (exact) mass is 400 g/mol. The Morgan fingerprint density at radius 2 is 1.53 bits per heavy atom. The molecule has 0 heterocycles. The topological polar surface area (TPSA) is 44.8 Å². The Morgan fingerprint density at radius 1 is 0.833 bits per heavy atom. The number of methoxy groups -OCH3 is 2. The zero-order chi connectivity index (χ0) is 21.2. The second kappa shape index (κ2) is 10.7. The summed E-state index contributed by atoms with van der Waals surface area (Å²) in [7, 11) is 2.84. The second-order valence-electron chi connectivity index (χ2n) is 6.52. The molecule has 0 fully saturated rings. The van der Waals surface area contributed by atoms with Gasteiger partial charge >= 0.3 is 5.97 Å². The summed E-state index contributed by atoms with van der Waals surface area (Å²) in [5.41, 5.74) is 4.10. The van der Waals surface area contributed by atoms with Gasteiger partial charge in [-0.25, -0.2) is 4.79 Å². The molecule has 152 valence electrons. The van der Waals surface area contributed by atoms with Crippen LogP contribution in [0.1, 0.15) is 22.3 Å². The number of benzene rings is 3. The predicted octanol–water partition coefficient (Wildman–Crippen LogP) is 5.60. The third-order valence-electron chi connectivity index (χ3n) is 4.47. The van der Waals surface area contributed by atoms with E-state index in [4.69, 9.17) is 14.2 Å². The van der Waals surface area contributed by atoms with E-state index in [1.807, 2.05) is 72.8 Å². The number of ether oxygens (including phenoxy) is 3. The van der Waals surface area contributed by atoms with Crippen LogP contribution in [0.15, 0.2) is 85.1 Å². The van der Waals surface area contributed by atoms with Crippen molar-refractivity contribution in [2.45, 2.75) is 6.61 Å². The van der Waals surface area contributed by atoms with Crippen LogP contribution in [-0.4, -0.2) is 20.2 Å². The Morgan fingerprint density at radius 3 is 2.30 bits per heavy atom. The smallest absolute Gasteiger partial charge is 0.341 e. The van der Waals surface area contributed by atoms with Crippen molar-refractivity contribution < 1.29 is 19.0 Å². The first kappa shape index (κ1) is 20.9. The Labute approximate surface area is 177 Å². The van der Waals surface area contributed by atoms with Gasteiger partial charge < -0.3 is 14.2 Å². The van der Waals surface area contributed by atoms with Crippen LogP contribution in [0.2, 0.25) is 0 Å². The average Bonchev–Trinajstić information content (AvgIpc) is 2.80. The van der Waals surface area contributed by atoms with Crippen LogP contribution in [0, 0.1) is 0 Å². The van der Waals surface area contributed by atoms with Gasteiger partial charge in [-0.15, -0.1) is 0 Å². The van der Waals surface area contributed by atoms with E-state index in [9.17, 15) is 4.79 Å². The van der Waals surface area contributed by atoms with Gasteiger partial charge in [-0.05, 0) is 34.4 Å². The Balaban J connectivity index is 1.76. The van der Waals surface area contributed by atoms with E-state index >= 15 is 0 Å². The fourth-order valence-corrected chi connectivity index (χ4v) is 2.98. The molecule has 0 aromatic heterocycles. The molecule has 0 atom stereocenters. The number of rotatable bonds is 8. The van der Waals surface area contributed by atoms with Gasteiger partial charge in [0.2, 0.25) is 0 Å². The van der Waals surface area contributed by atoms with Gasteiger partial charge in [0.05, 0.1) is 20.5 Å². The summed E-state index contributed by atoms with van der Waals surface area (Å²) in [6, 6.07) is 25.5. The zero-order valence-electron chi connectivity index (χ0n) is 17.1. The molecule has 0 amide bonds. The SMILES string of the molecule is CO/C=C(/C(=O)OC)c1ccccc1COc1cccc(/C=C/c2ccccc2)c1. The van der Waals surface area contributed by atoms with Gasteiger partial charge in [-0.1, -0.05) is 78.9 Å². The van der Waals surface area contributed by atoms with Crippen molar-refractivity contribution in [1.29, 1.82) is 0 Å². The molecule has 0 radical (unpaired) electrons. The number of carbonyl (C=O) groups excluding carboxylic acids is 1. The summed E-state index contributed by atoms with van der Waals surface area (Å²) in [6.45, 7) is 0.306. The van der Waals surface area contributed by atoms with Crippen LogP contribution in [0.5, 0.6) is 5.75 Å². The van der Waals surface area contributed by atoms with Crippen molar-refractivity contribution in [3.05, 3.63) is 107 Å². The lowest BCUT2D eigenvalue weighted by atomic mass is 10.0. The van der Waals surface area contributed by atoms with Crippen molar-refractivity contribution in [2.24, 2.45) is 0 Å². The minimum Gasteiger partial charge on any atom is -0.503 e. The number of esters is 1. The summed E-state index contributed by atoms with van der Waals surface area (Å²) >= 11 is 0. The largest absolute Gasteiger partial charge is 0.503 e. The molecule has 3 aromatic carbocycles. The molecule has 30 heavy (non-hydrogen) atoms. The van der Waals surface area contributed by atoms with Crippen LogP contribution < -0.4 is 4.74 Å². The molecule has 0 bridgehead atoms. The van der Waals surface area contributed by atoms with Crippen LogP contribution in [0.4, 0.5) is 0 Å². The lowest BCUT2D eigenvalue weighted by Crippen LogP contribution is -2.08. The van der Waals surface area contributed by atoms with E-state index < -0.39 is 5.97 Å². The van der Waals surface area contributed by atoms with E-state index in [0.29, 0.717) is 17.7 Å². The van der Waals surface area contributed by atoms with Gasteiger partial charge in [-0.3, -0.25) is 0 Å². The quantitative estimate of drug-likeness (QED) is 0.214. The summed E-state index contributed by atoms with van der Waals surface area (Å²) in [4.78, 5) is 12.1. The molecule has 0 aliphatic rings. The Kier molecular flexibility index (Phi) is 7.45. The van der Waals surface area contributed by atoms with E-state index in [0.717, 1.165) is 22.4 Å². The molecule has 0 aliphatic heterocycles. The van der Waals surface area contributed by atoms with E-state index in [-0.39, 0.29) is 0 Å². The first-order valence-electron chi connectivity index (χ1n) is 9.57. The zero-order valence-corrected chi connectivity index (χ0v) is 17.1. The number of hydrogen-bond acceptors (Lipinski definition) is 4. The maximum atomic E-state index is 12.1. The highest BCUT2D eigenvalue weighted by Crippen LogP contribution is 2.23. The molecule has 0 unspecified atom stereocenters. The van der Waals surface area contributed by atoms with Gasteiger partial charge in [0.1, 0.15) is 17.9 Å². The number of hydrogen-bond donors (Lipinski definition) is 0. The Hall–Kier alpha value is -3.79. The van der Waals surface area contributed by atoms with Crippen molar-refractivity contribution in [2.75, 3.05) is 14.2 Å². The number of carbonyl (C=O) groups is 1. The van der Waals surface area contributed by atoms with Gasteiger partial charge in [0, 0.05) is 0 Å². The molecule has 0 N–H and O–H groups in total. The minimum atomic E-state index is -0.461. The van der Waals surface area contributed by atoms with Gasteiger partial charge in [0.15, 0.2) is 0 Å². The molecular weight excluding hydrogens is 376 g/mol. The summed E-state index contributed by atoms with van der Waals surface area (Å²) < 4.78 is 16.0. The molecule has 0 aliphatic carbocycles. The normalized spacial score (nSPS) is 11.3. The van der Waals surface area contributed by atoms with E-state index in [1.165, 1.54) is 20.5 Å². The summed E-state index contributed by atoms with van der Waals surface area (Å²) in [5, 5.41) is 0. The van der Waals surface area contributed by atoms with Crippen LogP contribution in [0.3, 0.4) is 0 Å². The van der Waals surface area contributed by atoms with Crippen molar-refractivity contribution in [3.63, 3.8) is 0 Å². The fourth-order valence-electron chi connectivity index (χ4n) is 2.98. The lowest BCUT2D eigenvalue weighted by Gasteiger charge is -2.13. The summed E-state index contributed by atoms with van der Waals surface area (Å²) in [6.07, 6.45) is 5.50. The van der Waals surface area contributed by atoms with Crippen molar-refractivity contribution in [3.8, 4) is 5.75 Å². The molecule has 4 heteroatoms. The molecule has 4 nitrogen and oxygen atoms in total. The highest BCUT2D eigenvalue weighted by Gasteiger charge is 2.16. The molecule has 0 spiro atoms. The molecular formula is C26H24O4. The standard InChI is InChI=1S/C26H24O4/c1-28-19-25(26(27)29-2)24-14-7-6-12-22(24)18-30-23-13-8-11-21(17-23)16-15-20-9-4-3-5-10-20/h3-17,19H,18H2,1-2H3/b16-15+,25-19+. The maximum absolute atomic E-state index is 12.1. The maximum Gasteiger partial charge on any atom is 0.341 e. The average molecular weight is 400 g/mol. The van der Waals surface area contributed by atoms with E-state index in [1.54, 1.807) is 0 Å². The van der Waals surface area contributed by atoms with Crippen molar-refractivity contribution >= 4 is 23.7 Å². The third-order valence-corrected chi connectivity index (χ3v) is 4.47. The highest BCUT2D eigenvalue weighted by molar-refractivity contribution is 6.16. The van der Waals surface area contributed by atoms with Gasteiger partial charge in [-0.2, -0.15) is 0 Å².